The molecule has 0 aliphatic carbocycles. The fourth-order valence-corrected chi connectivity index (χ4v) is 3.58. The van der Waals surface area contributed by atoms with E-state index in [0.29, 0.717) is 0 Å². The van der Waals surface area contributed by atoms with Crippen molar-refractivity contribution in [3.8, 4) is 0 Å². The molecule has 0 saturated carbocycles. The largest absolute Gasteiger partial charge is 0.344 e. The molecule has 0 amide bonds. The van der Waals surface area contributed by atoms with Gasteiger partial charge < -0.3 is 9.09 Å². The zero-order chi connectivity index (χ0) is 14.7. The van der Waals surface area contributed by atoms with Crippen LogP contribution in [0.25, 0.3) is 0 Å². The lowest BCUT2D eigenvalue weighted by atomic mass is 10.5. The van der Waals surface area contributed by atoms with Gasteiger partial charge >= 0.3 is 7.67 Å². The summed E-state index contributed by atoms with van der Waals surface area (Å²) < 4.78 is 19.1. The van der Waals surface area contributed by atoms with Gasteiger partial charge in [0.15, 0.2) is 0 Å². The van der Waals surface area contributed by atoms with Crippen molar-refractivity contribution in [2.75, 3.05) is 20.7 Å². The van der Waals surface area contributed by atoms with Crippen LogP contribution in [0.4, 0.5) is 0 Å². The van der Waals surface area contributed by atoms with E-state index in [2.05, 4.69) is 10.1 Å². The second-order valence-electron chi connectivity index (χ2n) is 3.87. The zero-order valence-corrected chi connectivity index (χ0v) is 13.9. The van der Waals surface area contributed by atoms with Gasteiger partial charge in [0.25, 0.3) is 0 Å². The molecule has 0 saturated heterocycles. The molecule has 19 heavy (non-hydrogen) atoms. The Labute approximate surface area is 127 Å². The summed E-state index contributed by atoms with van der Waals surface area (Å²) in [5, 5.41) is 2.76. The first-order valence-electron chi connectivity index (χ1n) is 5.45. The van der Waals surface area contributed by atoms with Crippen LogP contribution in [-0.4, -0.2) is 38.7 Å². The van der Waals surface area contributed by atoms with Crippen molar-refractivity contribution < 1.29 is 9.09 Å². The van der Waals surface area contributed by atoms with Crippen LogP contribution in [0.2, 0.25) is 0 Å². The van der Waals surface area contributed by atoms with Gasteiger partial charge in [-0.05, 0) is 21.0 Å². The van der Waals surface area contributed by atoms with Gasteiger partial charge in [0, 0.05) is 12.4 Å². The smallest absolute Gasteiger partial charge is 0.317 e. The molecule has 1 aromatic heterocycles. The van der Waals surface area contributed by atoms with Gasteiger partial charge in [-0.3, -0.25) is 4.57 Å². The van der Waals surface area contributed by atoms with Gasteiger partial charge in [0.1, 0.15) is 6.17 Å². The number of hydrogen-bond acceptors (Lipinski definition) is 3. The molecule has 2 atom stereocenters. The minimum atomic E-state index is -3.30. The highest BCUT2D eigenvalue weighted by Gasteiger charge is 2.40. The summed E-state index contributed by atoms with van der Waals surface area (Å²) in [4.78, 5) is 3.88. The maximum Gasteiger partial charge on any atom is 0.344 e. The first-order valence-corrected chi connectivity index (χ1v) is 8.16. The van der Waals surface area contributed by atoms with Crippen molar-refractivity contribution in [2.24, 2.45) is 0 Å². The third-order valence-corrected chi connectivity index (χ3v) is 5.10. The van der Waals surface area contributed by atoms with Crippen molar-refractivity contribution in [3.05, 3.63) is 18.7 Å². The molecule has 1 N–H and O–H groups in total. The Hall–Kier alpha value is 0.190. The van der Waals surface area contributed by atoms with E-state index in [0.717, 1.165) is 0 Å². The number of alkyl halides is 3. The summed E-state index contributed by atoms with van der Waals surface area (Å²) in [6.45, 7) is 2.00. The van der Waals surface area contributed by atoms with Crippen LogP contribution in [-0.2, 0) is 9.09 Å². The Kier molecular flexibility index (Phi) is 6.14. The Bertz CT molecular complexity index is 435. The van der Waals surface area contributed by atoms with Crippen molar-refractivity contribution in [1.82, 2.24) is 19.3 Å². The number of nitrogens with zero attached hydrogens (tertiary/aromatic N) is 3. The number of rotatable bonds is 6. The molecule has 0 spiro atoms. The molecule has 0 aliphatic rings. The fraction of sp³-hybridized carbons (Fsp3) is 0.667. The van der Waals surface area contributed by atoms with Crippen LogP contribution in [0.3, 0.4) is 0 Å². The fourth-order valence-electron chi connectivity index (χ4n) is 1.33. The summed E-state index contributed by atoms with van der Waals surface area (Å²) in [7, 11) is -0.0679. The van der Waals surface area contributed by atoms with Crippen LogP contribution in [0.15, 0.2) is 18.7 Å². The van der Waals surface area contributed by atoms with Crippen molar-refractivity contribution in [2.45, 2.75) is 16.9 Å². The first kappa shape index (κ1) is 17.2. The molecule has 0 aliphatic heterocycles. The highest BCUT2D eigenvalue weighted by molar-refractivity contribution is 7.54. The van der Waals surface area contributed by atoms with Gasteiger partial charge in [-0.25, -0.2) is 14.7 Å². The van der Waals surface area contributed by atoms with Crippen molar-refractivity contribution >= 4 is 42.5 Å². The lowest BCUT2D eigenvalue weighted by Gasteiger charge is -2.33. The lowest BCUT2D eigenvalue weighted by Crippen LogP contribution is -2.37. The molecule has 1 rings (SSSR count). The lowest BCUT2D eigenvalue weighted by molar-refractivity contribution is 0.274. The minimum absolute atomic E-state index is 0.263. The molecule has 0 radical (unpaired) electrons. The SMILES string of the molecule is CCOP(=O)(NC(n1ccnc1)C(Cl)(Cl)Cl)N(C)C. The van der Waals surface area contributed by atoms with Crippen LogP contribution in [0.1, 0.15) is 13.1 Å². The Balaban J connectivity index is 3.04. The van der Waals surface area contributed by atoms with Crippen LogP contribution in [0.5, 0.6) is 0 Å². The molecule has 0 bridgehead atoms. The normalized spacial score (nSPS) is 17.4. The Morgan fingerprint density at radius 3 is 2.53 bits per heavy atom. The first-order chi connectivity index (χ1) is 8.70. The summed E-state index contributed by atoms with van der Waals surface area (Å²) >= 11 is 17.8. The van der Waals surface area contributed by atoms with Gasteiger partial charge in [-0.2, -0.15) is 0 Å². The third kappa shape index (κ3) is 4.60. The molecule has 2 unspecified atom stereocenters. The van der Waals surface area contributed by atoms with Gasteiger partial charge in [-0.15, -0.1) is 0 Å². The second-order valence-corrected chi connectivity index (χ2v) is 8.59. The number of hydrogen-bond donors (Lipinski definition) is 1. The second kappa shape index (κ2) is 6.76. The van der Waals surface area contributed by atoms with Gasteiger partial charge in [0.2, 0.25) is 3.79 Å². The maximum atomic E-state index is 12.6. The van der Waals surface area contributed by atoms with E-state index in [-0.39, 0.29) is 6.61 Å². The highest BCUT2D eigenvalue weighted by Crippen LogP contribution is 2.50. The molecule has 1 aromatic rings. The summed E-state index contributed by atoms with van der Waals surface area (Å²) in [5.41, 5.74) is 0. The van der Waals surface area contributed by atoms with E-state index >= 15 is 0 Å². The summed E-state index contributed by atoms with van der Waals surface area (Å²) in [6, 6.07) is 0. The predicted molar refractivity (Wildman–Crippen MR) is 77.6 cm³/mol. The van der Waals surface area contributed by atoms with Crippen LogP contribution in [0, 0.1) is 0 Å². The van der Waals surface area contributed by atoms with Crippen LogP contribution < -0.4 is 5.09 Å². The number of nitrogens with one attached hydrogen (secondary N) is 1. The molecular weight excluding hydrogens is 333 g/mol. The molecule has 10 heteroatoms. The summed E-state index contributed by atoms with van der Waals surface area (Å²) in [6.07, 6.45) is 3.73. The maximum absolute atomic E-state index is 12.6. The monoisotopic (exact) mass is 348 g/mol. The number of halogens is 3. The molecular formula is C9H16Cl3N4O2P. The molecule has 1 heterocycles. The molecule has 0 aromatic carbocycles. The van der Waals surface area contributed by atoms with E-state index in [1.807, 2.05) is 0 Å². The minimum Gasteiger partial charge on any atom is -0.317 e. The van der Waals surface area contributed by atoms with E-state index in [9.17, 15) is 4.57 Å². The van der Waals surface area contributed by atoms with E-state index in [1.165, 1.54) is 21.8 Å². The molecule has 6 nitrogen and oxygen atoms in total. The van der Waals surface area contributed by atoms with E-state index in [1.54, 1.807) is 27.2 Å². The third-order valence-electron chi connectivity index (χ3n) is 2.25. The topological polar surface area (TPSA) is 59.4 Å². The Morgan fingerprint density at radius 2 is 2.16 bits per heavy atom. The van der Waals surface area contributed by atoms with Gasteiger partial charge in [0.05, 0.1) is 12.9 Å². The average molecular weight is 350 g/mol. The van der Waals surface area contributed by atoms with Gasteiger partial charge in [-0.1, -0.05) is 34.8 Å². The Morgan fingerprint density at radius 1 is 1.53 bits per heavy atom. The van der Waals surface area contributed by atoms with E-state index < -0.39 is 17.6 Å². The highest BCUT2D eigenvalue weighted by atomic mass is 35.6. The zero-order valence-electron chi connectivity index (χ0n) is 10.8. The number of imidazole rings is 1. The summed E-state index contributed by atoms with van der Waals surface area (Å²) in [5.74, 6) is 0. The molecule has 0 fully saturated rings. The van der Waals surface area contributed by atoms with Crippen molar-refractivity contribution in [1.29, 1.82) is 0 Å². The number of aromatic nitrogens is 2. The molecule has 110 valence electrons. The quantitative estimate of drug-likeness (QED) is 0.632. The van der Waals surface area contributed by atoms with E-state index in [4.69, 9.17) is 39.3 Å². The van der Waals surface area contributed by atoms with Crippen molar-refractivity contribution in [3.63, 3.8) is 0 Å². The average Bonchev–Trinajstić information content (AvgIpc) is 2.77. The van der Waals surface area contributed by atoms with Crippen LogP contribution >= 0.6 is 42.5 Å². The predicted octanol–water partition coefficient (Wildman–Crippen LogP) is 3.05. The standard InChI is InChI=1S/C9H16Cl3N4O2P/c1-4-18-19(17,15(2)3)14-8(9(10,11)12)16-6-5-13-7-16/h5-8H,4H2,1-3H3,(H,14,17).